The third kappa shape index (κ3) is 3.52. The summed E-state index contributed by atoms with van der Waals surface area (Å²) in [7, 11) is 0. The molecule has 0 aromatic heterocycles. The summed E-state index contributed by atoms with van der Waals surface area (Å²) in [5.74, 6) is 1.76. The van der Waals surface area contributed by atoms with Gasteiger partial charge >= 0.3 is 0 Å². The summed E-state index contributed by atoms with van der Waals surface area (Å²) in [4.78, 5) is 2.28. The van der Waals surface area contributed by atoms with Crippen molar-refractivity contribution in [1.82, 2.24) is 0 Å². The SMILES string of the molecule is [O]CCc1cccc(OCCN2CCOc3ccccc32)c1. The third-order valence-electron chi connectivity index (χ3n) is 3.74. The Bertz CT molecular complexity index is 615. The van der Waals surface area contributed by atoms with Crippen LogP contribution >= 0.6 is 0 Å². The van der Waals surface area contributed by atoms with Crippen LogP contribution in [0.25, 0.3) is 0 Å². The summed E-state index contributed by atoms with van der Waals surface area (Å²) in [6.45, 7) is 2.90. The molecule has 0 N–H and O–H groups in total. The summed E-state index contributed by atoms with van der Waals surface area (Å²) < 4.78 is 11.5. The van der Waals surface area contributed by atoms with E-state index in [2.05, 4.69) is 11.0 Å². The molecule has 0 amide bonds. The maximum absolute atomic E-state index is 10.7. The number of para-hydroxylation sites is 2. The number of ether oxygens (including phenoxy) is 2. The first-order valence-electron chi connectivity index (χ1n) is 7.63. The zero-order chi connectivity index (χ0) is 15.2. The van der Waals surface area contributed by atoms with Crippen molar-refractivity contribution in [1.29, 1.82) is 0 Å². The minimum absolute atomic E-state index is 0.0893. The highest BCUT2D eigenvalue weighted by atomic mass is 16.5. The van der Waals surface area contributed by atoms with Crippen LogP contribution in [-0.2, 0) is 11.5 Å². The van der Waals surface area contributed by atoms with Gasteiger partial charge in [-0.3, -0.25) is 0 Å². The smallest absolute Gasteiger partial charge is 0.142 e. The fraction of sp³-hybridized carbons (Fsp3) is 0.333. The van der Waals surface area contributed by atoms with E-state index in [-0.39, 0.29) is 6.61 Å². The lowest BCUT2D eigenvalue weighted by atomic mass is 10.1. The Kier molecular flexibility index (Phi) is 4.81. The molecule has 0 fully saturated rings. The minimum atomic E-state index is -0.0893. The van der Waals surface area contributed by atoms with Crippen molar-refractivity contribution >= 4 is 5.69 Å². The maximum Gasteiger partial charge on any atom is 0.142 e. The van der Waals surface area contributed by atoms with Gasteiger partial charge in [-0.2, -0.15) is 0 Å². The van der Waals surface area contributed by atoms with Gasteiger partial charge in [0.2, 0.25) is 0 Å². The van der Waals surface area contributed by atoms with E-state index in [0.29, 0.717) is 19.6 Å². The molecule has 2 aromatic rings. The number of hydrogen-bond donors (Lipinski definition) is 0. The molecule has 0 saturated heterocycles. The molecule has 1 aliphatic rings. The molecule has 0 unspecified atom stereocenters. The number of rotatable bonds is 6. The monoisotopic (exact) mass is 298 g/mol. The van der Waals surface area contributed by atoms with E-state index in [0.717, 1.165) is 35.8 Å². The normalized spacial score (nSPS) is 13.4. The summed E-state index contributed by atoms with van der Waals surface area (Å²) >= 11 is 0. The van der Waals surface area contributed by atoms with Gasteiger partial charge in [0, 0.05) is 0 Å². The van der Waals surface area contributed by atoms with Gasteiger partial charge in [0.25, 0.3) is 0 Å². The van der Waals surface area contributed by atoms with Crippen LogP contribution in [0.3, 0.4) is 0 Å². The molecule has 115 valence electrons. The molecule has 1 aliphatic heterocycles. The van der Waals surface area contributed by atoms with E-state index >= 15 is 0 Å². The molecule has 3 rings (SSSR count). The van der Waals surface area contributed by atoms with Gasteiger partial charge in [0.05, 0.1) is 25.4 Å². The summed E-state index contributed by atoms with van der Waals surface area (Å²) in [6.07, 6.45) is 0.550. The molecule has 2 aromatic carbocycles. The average molecular weight is 298 g/mol. The lowest BCUT2D eigenvalue weighted by Crippen LogP contribution is -2.35. The molecule has 4 nitrogen and oxygen atoms in total. The highest BCUT2D eigenvalue weighted by Gasteiger charge is 2.16. The molecule has 0 spiro atoms. The minimum Gasteiger partial charge on any atom is -0.492 e. The Morgan fingerprint density at radius 1 is 1.14 bits per heavy atom. The largest absolute Gasteiger partial charge is 0.492 e. The Labute approximate surface area is 130 Å². The molecular formula is C18H20NO3. The zero-order valence-corrected chi connectivity index (χ0v) is 12.5. The van der Waals surface area contributed by atoms with Crippen LogP contribution in [-0.4, -0.2) is 32.9 Å². The first-order chi connectivity index (χ1) is 10.9. The Morgan fingerprint density at radius 3 is 2.95 bits per heavy atom. The summed E-state index contributed by atoms with van der Waals surface area (Å²) in [6, 6.07) is 15.9. The molecule has 4 heteroatoms. The van der Waals surface area contributed by atoms with E-state index in [4.69, 9.17) is 9.47 Å². The molecule has 1 radical (unpaired) electrons. The van der Waals surface area contributed by atoms with E-state index in [1.54, 1.807) is 0 Å². The predicted molar refractivity (Wildman–Crippen MR) is 85.3 cm³/mol. The van der Waals surface area contributed by atoms with Crippen molar-refractivity contribution in [2.45, 2.75) is 6.42 Å². The third-order valence-corrected chi connectivity index (χ3v) is 3.74. The zero-order valence-electron chi connectivity index (χ0n) is 12.5. The van der Waals surface area contributed by atoms with Gasteiger partial charge in [-0.25, -0.2) is 5.11 Å². The van der Waals surface area contributed by atoms with Crippen LogP contribution in [0.5, 0.6) is 11.5 Å². The number of hydrogen-bond acceptors (Lipinski definition) is 3. The average Bonchev–Trinajstić information content (AvgIpc) is 2.56. The van der Waals surface area contributed by atoms with Crippen molar-refractivity contribution in [3.63, 3.8) is 0 Å². The lowest BCUT2D eigenvalue weighted by molar-refractivity contribution is 0.197. The van der Waals surface area contributed by atoms with E-state index in [9.17, 15) is 5.11 Å². The van der Waals surface area contributed by atoms with E-state index < -0.39 is 0 Å². The number of anilines is 1. The predicted octanol–water partition coefficient (Wildman–Crippen LogP) is 2.94. The van der Waals surface area contributed by atoms with Crippen LogP contribution in [0.1, 0.15) is 5.56 Å². The van der Waals surface area contributed by atoms with Gasteiger partial charge in [-0.05, 0) is 36.2 Å². The molecule has 1 heterocycles. The fourth-order valence-electron chi connectivity index (χ4n) is 2.64. The van der Waals surface area contributed by atoms with Crippen LogP contribution in [0, 0.1) is 0 Å². The summed E-state index contributed by atoms with van der Waals surface area (Å²) in [5, 5.41) is 10.7. The number of nitrogens with zero attached hydrogens (tertiary/aromatic N) is 1. The van der Waals surface area contributed by atoms with E-state index in [1.165, 1.54) is 0 Å². The van der Waals surface area contributed by atoms with Crippen molar-refractivity contribution in [3.05, 3.63) is 54.1 Å². The van der Waals surface area contributed by atoms with Crippen molar-refractivity contribution in [2.24, 2.45) is 0 Å². The number of fused-ring (bicyclic) bond motifs is 1. The first-order valence-corrected chi connectivity index (χ1v) is 7.63. The second-order valence-corrected chi connectivity index (χ2v) is 5.25. The van der Waals surface area contributed by atoms with Crippen LogP contribution in [0.2, 0.25) is 0 Å². The summed E-state index contributed by atoms with van der Waals surface area (Å²) in [5.41, 5.74) is 2.15. The maximum atomic E-state index is 10.7. The lowest BCUT2D eigenvalue weighted by Gasteiger charge is -2.31. The van der Waals surface area contributed by atoms with Crippen LogP contribution in [0.15, 0.2) is 48.5 Å². The molecule has 0 aliphatic carbocycles. The molecule has 0 bridgehead atoms. The number of benzene rings is 2. The van der Waals surface area contributed by atoms with Crippen molar-refractivity contribution in [3.8, 4) is 11.5 Å². The van der Waals surface area contributed by atoms with Gasteiger partial charge < -0.3 is 14.4 Å². The van der Waals surface area contributed by atoms with Crippen LogP contribution in [0.4, 0.5) is 5.69 Å². The van der Waals surface area contributed by atoms with Crippen LogP contribution < -0.4 is 14.4 Å². The van der Waals surface area contributed by atoms with Gasteiger partial charge in [-0.15, -0.1) is 0 Å². The first kappa shape index (κ1) is 14.7. The van der Waals surface area contributed by atoms with Crippen molar-refractivity contribution < 1.29 is 14.6 Å². The fourth-order valence-corrected chi connectivity index (χ4v) is 2.64. The van der Waals surface area contributed by atoms with Crippen molar-refractivity contribution in [2.75, 3.05) is 37.8 Å². The molecule has 0 atom stereocenters. The Morgan fingerprint density at radius 2 is 2.05 bits per heavy atom. The van der Waals surface area contributed by atoms with Gasteiger partial charge in [0.1, 0.15) is 24.7 Å². The van der Waals surface area contributed by atoms with E-state index in [1.807, 2.05) is 42.5 Å². The molecule has 22 heavy (non-hydrogen) atoms. The topological polar surface area (TPSA) is 41.6 Å². The highest BCUT2D eigenvalue weighted by molar-refractivity contribution is 5.59. The Balaban J connectivity index is 1.57. The molecular weight excluding hydrogens is 278 g/mol. The second kappa shape index (κ2) is 7.18. The quantitative estimate of drug-likeness (QED) is 0.823. The Hall–Kier alpha value is -2.20. The molecule has 0 saturated carbocycles. The standard InChI is InChI=1S/C18H20NO3/c20-11-8-15-4-3-5-16(14-15)21-12-9-19-10-13-22-18-7-2-1-6-17(18)19/h1-7,14H,8-13H2. The van der Waals surface area contributed by atoms with Gasteiger partial charge in [0.15, 0.2) is 0 Å². The van der Waals surface area contributed by atoms with Gasteiger partial charge in [-0.1, -0.05) is 24.3 Å². The second-order valence-electron chi connectivity index (χ2n) is 5.25. The highest BCUT2D eigenvalue weighted by Crippen LogP contribution is 2.30.